The maximum absolute atomic E-state index is 12.2. The zero-order valence-electron chi connectivity index (χ0n) is 8.97. The lowest BCUT2D eigenvalue weighted by atomic mass is 10.3. The van der Waals surface area contributed by atoms with Crippen molar-refractivity contribution >= 4 is 37.0 Å². The molecule has 5 nitrogen and oxygen atoms in total. The quantitative estimate of drug-likeness (QED) is 0.620. The standard InChI is InChI=1S/C10H11BrN2O3S/c11-8-3-4-9(10(7-8)13(14)15)12-17(16)5-1-2-6-17/h3-4,7H,1-2,5-6H2. The molecule has 17 heavy (non-hydrogen) atoms. The molecular weight excluding hydrogens is 308 g/mol. The largest absolute Gasteiger partial charge is 0.296 e. The summed E-state index contributed by atoms with van der Waals surface area (Å²) in [7, 11) is -2.27. The van der Waals surface area contributed by atoms with Crippen LogP contribution in [-0.2, 0) is 9.73 Å². The van der Waals surface area contributed by atoms with Crippen LogP contribution in [-0.4, -0.2) is 20.6 Å². The second-order valence-corrected chi connectivity index (χ2v) is 7.33. The molecule has 1 heterocycles. The van der Waals surface area contributed by atoms with Gasteiger partial charge in [0.1, 0.15) is 0 Å². The van der Waals surface area contributed by atoms with Crippen LogP contribution in [0.5, 0.6) is 0 Å². The molecule has 1 aromatic carbocycles. The molecule has 92 valence electrons. The molecule has 0 unspecified atom stereocenters. The minimum atomic E-state index is -2.27. The molecule has 1 fully saturated rings. The number of nitro groups is 1. The summed E-state index contributed by atoms with van der Waals surface area (Å²) in [4.78, 5) is 10.4. The van der Waals surface area contributed by atoms with Gasteiger partial charge < -0.3 is 0 Å². The first-order valence-corrected chi connectivity index (χ1v) is 7.81. The highest BCUT2D eigenvalue weighted by Gasteiger charge is 2.20. The van der Waals surface area contributed by atoms with E-state index in [0.29, 0.717) is 16.0 Å². The van der Waals surface area contributed by atoms with E-state index in [2.05, 4.69) is 20.3 Å². The maximum Gasteiger partial charge on any atom is 0.296 e. The predicted octanol–water partition coefficient (Wildman–Crippen LogP) is 3.25. The van der Waals surface area contributed by atoms with E-state index < -0.39 is 14.7 Å². The molecule has 0 bridgehead atoms. The summed E-state index contributed by atoms with van der Waals surface area (Å²) in [6.45, 7) is 0. The zero-order chi connectivity index (χ0) is 12.5. The van der Waals surface area contributed by atoms with Crippen molar-refractivity contribution in [2.24, 2.45) is 4.36 Å². The zero-order valence-corrected chi connectivity index (χ0v) is 11.4. The maximum atomic E-state index is 12.2. The second kappa shape index (κ2) is 4.73. The lowest BCUT2D eigenvalue weighted by molar-refractivity contribution is -0.384. The van der Waals surface area contributed by atoms with Crippen molar-refractivity contribution in [1.82, 2.24) is 0 Å². The van der Waals surface area contributed by atoms with Gasteiger partial charge in [-0.15, -0.1) is 0 Å². The van der Waals surface area contributed by atoms with Gasteiger partial charge in [0.05, 0.1) is 14.7 Å². The Labute approximate surface area is 108 Å². The Morgan fingerprint density at radius 1 is 1.35 bits per heavy atom. The van der Waals surface area contributed by atoms with Crippen LogP contribution < -0.4 is 0 Å². The summed E-state index contributed by atoms with van der Waals surface area (Å²) in [5.41, 5.74) is 0.110. The third kappa shape index (κ3) is 2.84. The number of hydrogen-bond acceptors (Lipinski definition) is 4. The number of halogens is 1. The van der Waals surface area contributed by atoms with Crippen LogP contribution >= 0.6 is 15.9 Å². The fourth-order valence-electron chi connectivity index (χ4n) is 1.75. The molecule has 1 saturated heterocycles. The Bertz CT molecular complexity index is 567. The number of hydrogen-bond donors (Lipinski definition) is 0. The Morgan fingerprint density at radius 3 is 2.59 bits per heavy atom. The normalized spacial score (nSPS) is 17.9. The summed E-state index contributed by atoms with van der Waals surface area (Å²) in [5.74, 6) is 1.08. The fraction of sp³-hybridized carbons (Fsp3) is 0.400. The number of nitro benzene ring substituents is 1. The molecule has 2 rings (SSSR count). The Morgan fingerprint density at radius 2 is 2.00 bits per heavy atom. The van der Waals surface area contributed by atoms with Gasteiger partial charge in [-0.25, -0.2) is 4.21 Å². The van der Waals surface area contributed by atoms with Crippen molar-refractivity contribution in [3.8, 4) is 0 Å². The molecule has 0 saturated carbocycles. The van der Waals surface area contributed by atoms with Crippen molar-refractivity contribution in [3.63, 3.8) is 0 Å². The van der Waals surface area contributed by atoms with Crippen LogP contribution in [0.4, 0.5) is 11.4 Å². The molecular formula is C10H11BrN2O3S. The minimum absolute atomic E-state index is 0.103. The van der Waals surface area contributed by atoms with Crippen molar-refractivity contribution in [1.29, 1.82) is 0 Å². The van der Waals surface area contributed by atoms with Crippen LogP contribution in [0.2, 0.25) is 0 Å². The average Bonchev–Trinajstić information content (AvgIpc) is 2.67. The molecule has 7 heteroatoms. The summed E-state index contributed by atoms with van der Waals surface area (Å²) >= 11 is 3.17. The van der Waals surface area contributed by atoms with Gasteiger partial charge in [-0.05, 0) is 25.0 Å². The smallest absolute Gasteiger partial charge is 0.258 e. The molecule has 1 aliphatic rings. The van der Waals surface area contributed by atoms with Gasteiger partial charge in [0.2, 0.25) is 0 Å². The monoisotopic (exact) mass is 318 g/mol. The third-order valence-electron chi connectivity index (χ3n) is 2.58. The Kier molecular flexibility index (Phi) is 3.48. The molecule has 0 amide bonds. The molecule has 0 aromatic heterocycles. The third-order valence-corrected chi connectivity index (χ3v) is 5.45. The number of rotatable bonds is 2. The second-order valence-electron chi connectivity index (χ2n) is 3.87. The molecule has 0 spiro atoms. The molecule has 0 atom stereocenters. The summed E-state index contributed by atoms with van der Waals surface area (Å²) in [6, 6.07) is 4.59. The highest BCUT2D eigenvalue weighted by Crippen LogP contribution is 2.32. The summed E-state index contributed by atoms with van der Waals surface area (Å²) < 4.78 is 16.9. The first-order valence-electron chi connectivity index (χ1n) is 5.17. The van der Waals surface area contributed by atoms with E-state index in [9.17, 15) is 14.3 Å². The van der Waals surface area contributed by atoms with Crippen molar-refractivity contribution in [3.05, 3.63) is 32.8 Å². The highest BCUT2D eigenvalue weighted by atomic mass is 79.9. The first-order chi connectivity index (χ1) is 8.00. The van der Waals surface area contributed by atoms with Crippen LogP contribution in [0, 0.1) is 10.1 Å². The minimum Gasteiger partial charge on any atom is -0.258 e. The van der Waals surface area contributed by atoms with E-state index in [1.807, 2.05) is 0 Å². The van der Waals surface area contributed by atoms with Gasteiger partial charge in [0.15, 0.2) is 5.69 Å². The van der Waals surface area contributed by atoms with Gasteiger partial charge >= 0.3 is 0 Å². The number of benzene rings is 1. The molecule has 0 radical (unpaired) electrons. The predicted molar refractivity (Wildman–Crippen MR) is 70.0 cm³/mol. The Balaban J connectivity index is 2.53. The van der Waals surface area contributed by atoms with E-state index in [1.54, 1.807) is 6.07 Å². The molecule has 0 N–H and O–H groups in total. The fourth-order valence-corrected chi connectivity index (χ4v) is 4.31. The van der Waals surface area contributed by atoms with Crippen LogP contribution in [0.15, 0.2) is 27.0 Å². The van der Waals surface area contributed by atoms with Gasteiger partial charge in [0.25, 0.3) is 5.69 Å². The van der Waals surface area contributed by atoms with E-state index in [0.717, 1.165) is 12.8 Å². The van der Waals surface area contributed by atoms with Crippen molar-refractivity contribution < 1.29 is 9.13 Å². The van der Waals surface area contributed by atoms with Crippen LogP contribution in [0.1, 0.15) is 12.8 Å². The molecule has 1 aromatic rings. The SMILES string of the molecule is O=[N+]([O-])c1cc(Br)ccc1N=S1(=O)CCCC1. The van der Waals surface area contributed by atoms with E-state index in [4.69, 9.17) is 0 Å². The van der Waals surface area contributed by atoms with Gasteiger partial charge in [0, 0.05) is 22.0 Å². The average molecular weight is 319 g/mol. The van der Waals surface area contributed by atoms with E-state index in [1.165, 1.54) is 12.1 Å². The first kappa shape index (κ1) is 12.5. The lowest BCUT2D eigenvalue weighted by Crippen LogP contribution is -2.00. The molecule has 1 aliphatic heterocycles. The van der Waals surface area contributed by atoms with Crippen molar-refractivity contribution in [2.45, 2.75) is 12.8 Å². The Hall–Kier alpha value is -0.950. The molecule has 0 aliphatic carbocycles. The lowest BCUT2D eigenvalue weighted by Gasteiger charge is -2.02. The van der Waals surface area contributed by atoms with E-state index >= 15 is 0 Å². The van der Waals surface area contributed by atoms with Crippen LogP contribution in [0.3, 0.4) is 0 Å². The van der Waals surface area contributed by atoms with Crippen molar-refractivity contribution in [2.75, 3.05) is 11.5 Å². The van der Waals surface area contributed by atoms with E-state index in [-0.39, 0.29) is 11.4 Å². The van der Waals surface area contributed by atoms with Gasteiger partial charge in [-0.1, -0.05) is 15.9 Å². The topological polar surface area (TPSA) is 72.6 Å². The number of nitrogens with zero attached hydrogens (tertiary/aromatic N) is 2. The summed E-state index contributed by atoms with van der Waals surface area (Å²) in [6.07, 6.45) is 1.76. The summed E-state index contributed by atoms with van der Waals surface area (Å²) in [5, 5.41) is 10.9. The highest BCUT2D eigenvalue weighted by molar-refractivity contribution is 9.10. The van der Waals surface area contributed by atoms with Gasteiger partial charge in [-0.2, -0.15) is 4.36 Å². The van der Waals surface area contributed by atoms with Crippen LogP contribution in [0.25, 0.3) is 0 Å². The van der Waals surface area contributed by atoms with Gasteiger partial charge in [-0.3, -0.25) is 10.1 Å².